The van der Waals surface area contributed by atoms with Crippen molar-refractivity contribution in [1.29, 1.82) is 0 Å². The number of nitrogens with one attached hydrogen (secondary N) is 1. The molecule has 29 heavy (non-hydrogen) atoms. The fraction of sp³-hybridized carbons (Fsp3) is 0.478. The van der Waals surface area contributed by atoms with Gasteiger partial charge in [-0.05, 0) is 31.0 Å². The van der Waals surface area contributed by atoms with E-state index in [1.807, 2.05) is 18.2 Å². The van der Waals surface area contributed by atoms with Crippen LogP contribution in [0.2, 0.25) is 0 Å². The fourth-order valence-corrected chi connectivity index (χ4v) is 4.74. The number of benzene rings is 1. The third kappa shape index (κ3) is 5.18. The molecule has 1 aliphatic heterocycles. The molecule has 3 rings (SSSR count). The number of fused-ring (bicyclic) bond motifs is 1. The molecular formula is C23H30N2O3S. The summed E-state index contributed by atoms with van der Waals surface area (Å²) < 4.78 is 11.1. The lowest BCUT2D eigenvalue weighted by Gasteiger charge is -2.13. The number of unbranched alkanes of at least 4 members (excludes halogenated alkanes) is 5. The van der Waals surface area contributed by atoms with Crippen molar-refractivity contribution in [2.24, 2.45) is 4.99 Å². The van der Waals surface area contributed by atoms with Crippen LogP contribution in [0.15, 0.2) is 29.3 Å². The summed E-state index contributed by atoms with van der Waals surface area (Å²) in [6, 6.07) is 7.92. The van der Waals surface area contributed by atoms with E-state index in [9.17, 15) is 4.79 Å². The Labute approximate surface area is 177 Å². The van der Waals surface area contributed by atoms with E-state index in [0.29, 0.717) is 11.5 Å². The molecule has 1 aromatic heterocycles. The first kappa shape index (κ1) is 21.4. The Balaban J connectivity index is 1.85. The lowest BCUT2D eigenvalue weighted by molar-refractivity contribution is -0.114. The predicted molar refractivity (Wildman–Crippen MR) is 120 cm³/mol. The van der Waals surface area contributed by atoms with Gasteiger partial charge in [0.15, 0.2) is 11.5 Å². The van der Waals surface area contributed by atoms with Gasteiger partial charge in [-0.2, -0.15) is 0 Å². The van der Waals surface area contributed by atoms with Crippen LogP contribution in [0.5, 0.6) is 11.5 Å². The second kappa shape index (κ2) is 10.4. The van der Waals surface area contributed by atoms with Gasteiger partial charge in [0.25, 0.3) is 0 Å². The number of hydrogen-bond acceptors (Lipinski definition) is 5. The molecule has 156 valence electrons. The number of thiophene rings is 1. The highest BCUT2D eigenvalue weighted by molar-refractivity contribution is 7.16. The summed E-state index contributed by atoms with van der Waals surface area (Å²) in [7, 11) is 3.25. The Kier molecular flexibility index (Phi) is 7.69. The quantitative estimate of drug-likeness (QED) is 0.525. The number of carbonyl (C=O) groups excluding carboxylic acids is 1. The van der Waals surface area contributed by atoms with E-state index in [2.05, 4.69) is 23.3 Å². The van der Waals surface area contributed by atoms with Gasteiger partial charge in [-0.1, -0.05) is 45.1 Å². The Hall–Kier alpha value is -2.34. The Morgan fingerprint density at radius 3 is 2.62 bits per heavy atom. The zero-order valence-corrected chi connectivity index (χ0v) is 18.4. The third-order valence-corrected chi connectivity index (χ3v) is 6.22. The van der Waals surface area contributed by atoms with Crippen molar-refractivity contribution in [3.8, 4) is 11.5 Å². The van der Waals surface area contributed by atoms with Crippen molar-refractivity contribution in [3.05, 3.63) is 40.3 Å². The van der Waals surface area contributed by atoms with Crippen LogP contribution < -0.4 is 14.8 Å². The molecule has 1 aliphatic rings. The highest BCUT2D eigenvalue weighted by atomic mass is 32.1. The third-order valence-electron chi connectivity index (χ3n) is 5.11. The summed E-state index contributed by atoms with van der Waals surface area (Å²) in [4.78, 5) is 18.1. The van der Waals surface area contributed by atoms with Crippen molar-refractivity contribution >= 4 is 28.0 Å². The maximum absolute atomic E-state index is 12.2. The standard InChI is InChI=1S/C23H30N2O3S/c1-4-5-6-7-8-9-11-16-14-18-21(24-15-20(26)25-23(18)29-16)17-12-10-13-19(27-2)22(17)28-3/h10,12-14H,4-9,11,15H2,1-3H3,(H,25,26). The van der Waals surface area contributed by atoms with Crippen LogP contribution in [-0.2, 0) is 11.2 Å². The van der Waals surface area contributed by atoms with E-state index >= 15 is 0 Å². The zero-order chi connectivity index (χ0) is 20.6. The van der Waals surface area contributed by atoms with Crippen LogP contribution in [0.1, 0.15) is 61.5 Å². The number of ether oxygens (including phenoxy) is 2. The zero-order valence-electron chi connectivity index (χ0n) is 17.5. The lowest BCUT2D eigenvalue weighted by Crippen LogP contribution is -2.12. The molecule has 0 fully saturated rings. The van der Waals surface area contributed by atoms with Gasteiger partial charge in [0, 0.05) is 16.0 Å². The minimum absolute atomic E-state index is 0.0870. The number of hydrogen-bond donors (Lipinski definition) is 1. The molecule has 0 atom stereocenters. The molecule has 0 saturated carbocycles. The van der Waals surface area contributed by atoms with Crippen molar-refractivity contribution in [1.82, 2.24) is 0 Å². The number of anilines is 1. The minimum Gasteiger partial charge on any atom is -0.493 e. The second-order valence-electron chi connectivity index (χ2n) is 7.23. The van der Waals surface area contributed by atoms with Gasteiger partial charge in [0.05, 0.1) is 19.9 Å². The molecule has 6 heteroatoms. The van der Waals surface area contributed by atoms with Gasteiger partial charge < -0.3 is 14.8 Å². The SMILES string of the molecule is CCCCCCCCc1cc2c(s1)NC(=O)CN=C2c1cccc(OC)c1OC. The molecular weight excluding hydrogens is 384 g/mol. The van der Waals surface area contributed by atoms with Gasteiger partial charge in [-0.25, -0.2) is 0 Å². The smallest absolute Gasteiger partial charge is 0.246 e. The number of carbonyl (C=O) groups is 1. The van der Waals surface area contributed by atoms with Crippen molar-refractivity contribution < 1.29 is 14.3 Å². The fourth-order valence-electron chi connectivity index (χ4n) is 3.62. The van der Waals surface area contributed by atoms with Crippen LogP contribution in [0.25, 0.3) is 0 Å². The first-order valence-corrected chi connectivity index (χ1v) is 11.2. The molecule has 1 aromatic carbocycles. The number of methoxy groups -OCH3 is 2. The first-order chi connectivity index (χ1) is 14.2. The van der Waals surface area contributed by atoms with Crippen LogP contribution in [0, 0.1) is 0 Å². The second-order valence-corrected chi connectivity index (χ2v) is 8.36. The van der Waals surface area contributed by atoms with E-state index in [1.165, 1.54) is 43.4 Å². The molecule has 1 amide bonds. The van der Waals surface area contributed by atoms with Gasteiger partial charge >= 0.3 is 0 Å². The van der Waals surface area contributed by atoms with Crippen LogP contribution >= 0.6 is 11.3 Å². The van der Waals surface area contributed by atoms with E-state index in [1.54, 1.807) is 25.6 Å². The maximum Gasteiger partial charge on any atom is 0.246 e. The van der Waals surface area contributed by atoms with Gasteiger partial charge in [0.2, 0.25) is 5.91 Å². The molecule has 0 radical (unpaired) electrons. The number of rotatable bonds is 10. The van der Waals surface area contributed by atoms with Gasteiger partial charge in [0.1, 0.15) is 11.5 Å². The number of nitrogens with zero attached hydrogens (tertiary/aromatic N) is 1. The summed E-state index contributed by atoms with van der Waals surface area (Å²) in [5.74, 6) is 1.20. The summed E-state index contributed by atoms with van der Waals surface area (Å²) in [5.41, 5.74) is 2.58. The highest BCUT2D eigenvalue weighted by Gasteiger charge is 2.24. The van der Waals surface area contributed by atoms with Crippen molar-refractivity contribution in [2.45, 2.75) is 51.9 Å². The average Bonchev–Trinajstić information content (AvgIpc) is 3.05. The minimum atomic E-state index is -0.0870. The Morgan fingerprint density at radius 1 is 1.07 bits per heavy atom. The molecule has 1 N–H and O–H groups in total. The first-order valence-electron chi connectivity index (χ1n) is 10.4. The monoisotopic (exact) mass is 414 g/mol. The van der Waals surface area contributed by atoms with Crippen LogP contribution in [0.3, 0.4) is 0 Å². The van der Waals surface area contributed by atoms with E-state index in [0.717, 1.165) is 28.3 Å². The maximum atomic E-state index is 12.2. The molecule has 0 spiro atoms. The van der Waals surface area contributed by atoms with Crippen LogP contribution in [-0.4, -0.2) is 32.4 Å². The van der Waals surface area contributed by atoms with E-state index in [-0.39, 0.29) is 12.5 Å². The topological polar surface area (TPSA) is 59.9 Å². The summed E-state index contributed by atoms with van der Waals surface area (Å²) >= 11 is 1.66. The van der Waals surface area contributed by atoms with Crippen LogP contribution in [0.4, 0.5) is 5.00 Å². The molecule has 2 heterocycles. The number of aliphatic imine (C=N–C) groups is 1. The van der Waals surface area contributed by atoms with E-state index < -0.39 is 0 Å². The molecule has 0 saturated heterocycles. The normalized spacial score (nSPS) is 13.3. The van der Waals surface area contributed by atoms with E-state index in [4.69, 9.17) is 9.47 Å². The summed E-state index contributed by atoms with van der Waals surface area (Å²) in [6.45, 7) is 2.34. The summed E-state index contributed by atoms with van der Waals surface area (Å²) in [5, 5.41) is 3.89. The lowest BCUT2D eigenvalue weighted by atomic mass is 10.0. The number of aryl methyl sites for hydroxylation is 1. The number of amides is 1. The van der Waals surface area contributed by atoms with Crippen molar-refractivity contribution in [2.75, 3.05) is 26.1 Å². The predicted octanol–water partition coefficient (Wildman–Crippen LogP) is 5.46. The molecule has 0 unspecified atom stereocenters. The Bertz CT molecular complexity index is 873. The van der Waals surface area contributed by atoms with Gasteiger partial charge in [-0.3, -0.25) is 9.79 Å². The summed E-state index contributed by atoms with van der Waals surface area (Å²) in [6.07, 6.45) is 8.66. The van der Waals surface area contributed by atoms with Crippen molar-refractivity contribution in [3.63, 3.8) is 0 Å². The Morgan fingerprint density at radius 2 is 1.86 bits per heavy atom. The molecule has 5 nitrogen and oxygen atoms in total. The number of para-hydroxylation sites is 1. The van der Waals surface area contributed by atoms with Gasteiger partial charge in [-0.15, -0.1) is 11.3 Å². The average molecular weight is 415 g/mol. The molecule has 0 bridgehead atoms. The molecule has 0 aliphatic carbocycles. The highest BCUT2D eigenvalue weighted by Crippen LogP contribution is 2.37. The largest absolute Gasteiger partial charge is 0.493 e. The molecule has 2 aromatic rings.